The zero-order valence-electron chi connectivity index (χ0n) is 10.5. The normalized spacial score (nSPS) is 12.5. The van der Waals surface area contributed by atoms with Crippen LogP contribution in [0.5, 0.6) is 0 Å². The molecular weight excluding hydrogens is 314 g/mol. The fourth-order valence-electron chi connectivity index (χ4n) is 1.85. The van der Waals surface area contributed by atoms with E-state index in [1.165, 1.54) is 0 Å². The molecule has 1 aromatic carbocycles. The quantitative estimate of drug-likeness (QED) is 0.909. The van der Waals surface area contributed by atoms with Gasteiger partial charge in [-0.05, 0) is 47.5 Å². The average molecular weight is 329 g/mol. The van der Waals surface area contributed by atoms with Crippen molar-refractivity contribution in [2.45, 2.75) is 19.9 Å². The lowest BCUT2D eigenvalue weighted by Crippen LogP contribution is -2.12. The Bertz CT molecular complexity index is 565. The maximum Gasteiger partial charge on any atom is 0.130 e. The van der Waals surface area contributed by atoms with Crippen LogP contribution in [0.15, 0.2) is 29.0 Å². The van der Waals surface area contributed by atoms with Gasteiger partial charge in [-0.3, -0.25) is 0 Å². The summed E-state index contributed by atoms with van der Waals surface area (Å²) in [6.45, 7) is 4.06. The zero-order valence-corrected chi connectivity index (χ0v) is 12.9. The lowest BCUT2D eigenvalue weighted by molar-refractivity contribution is 0.721. The fraction of sp³-hybridized carbons (Fsp3) is 0.308. The maximum absolute atomic E-state index is 6.14. The summed E-state index contributed by atoms with van der Waals surface area (Å²) in [6, 6.07) is 4.05. The number of hydrogen-bond acceptors (Lipinski definition) is 2. The molecule has 0 radical (unpaired) electrons. The van der Waals surface area contributed by atoms with Crippen molar-refractivity contribution in [2.24, 2.45) is 7.05 Å². The second-order valence-electron chi connectivity index (χ2n) is 4.34. The van der Waals surface area contributed by atoms with E-state index in [4.69, 9.17) is 11.6 Å². The Morgan fingerprint density at radius 3 is 2.78 bits per heavy atom. The largest absolute Gasteiger partial charge is 0.374 e. The van der Waals surface area contributed by atoms with E-state index in [1.54, 1.807) is 6.20 Å². The Morgan fingerprint density at radius 1 is 1.44 bits per heavy atom. The molecule has 0 saturated carbocycles. The van der Waals surface area contributed by atoms with Gasteiger partial charge in [-0.25, -0.2) is 4.98 Å². The summed E-state index contributed by atoms with van der Waals surface area (Å²) >= 11 is 9.69. The van der Waals surface area contributed by atoms with Crippen molar-refractivity contribution in [3.63, 3.8) is 0 Å². The van der Waals surface area contributed by atoms with E-state index in [9.17, 15) is 0 Å². The van der Waals surface area contributed by atoms with Crippen LogP contribution in [0.25, 0.3) is 0 Å². The van der Waals surface area contributed by atoms with Crippen molar-refractivity contribution in [2.75, 3.05) is 5.32 Å². The number of aromatic nitrogens is 2. The van der Waals surface area contributed by atoms with Gasteiger partial charge in [0.15, 0.2) is 0 Å². The highest BCUT2D eigenvalue weighted by molar-refractivity contribution is 9.10. The molecule has 0 amide bonds. The number of halogens is 2. The monoisotopic (exact) mass is 327 g/mol. The molecule has 0 aliphatic carbocycles. The van der Waals surface area contributed by atoms with Crippen LogP contribution in [0.2, 0.25) is 5.02 Å². The van der Waals surface area contributed by atoms with Crippen molar-refractivity contribution in [1.29, 1.82) is 0 Å². The van der Waals surface area contributed by atoms with Gasteiger partial charge in [0.05, 0.1) is 11.7 Å². The number of benzene rings is 1. The van der Waals surface area contributed by atoms with Gasteiger partial charge in [0.2, 0.25) is 0 Å². The van der Waals surface area contributed by atoms with E-state index in [1.807, 2.05) is 36.9 Å². The predicted octanol–water partition coefficient (Wildman–Crippen LogP) is 4.32. The van der Waals surface area contributed by atoms with Crippen LogP contribution in [0, 0.1) is 6.92 Å². The smallest absolute Gasteiger partial charge is 0.130 e. The molecule has 2 aromatic rings. The first kappa shape index (κ1) is 13.4. The van der Waals surface area contributed by atoms with E-state index in [0.717, 1.165) is 26.6 Å². The summed E-state index contributed by atoms with van der Waals surface area (Å²) in [4.78, 5) is 4.33. The minimum atomic E-state index is 0.111. The van der Waals surface area contributed by atoms with Crippen molar-refractivity contribution in [1.82, 2.24) is 9.55 Å². The minimum Gasteiger partial charge on any atom is -0.374 e. The third-order valence-corrected chi connectivity index (χ3v) is 3.93. The second kappa shape index (κ2) is 5.33. The molecule has 2 rings (SSSR count). The molecule has 1 unspecified atom stereocenters. The molecule has 1 N–H and O–H groups in total. The average Bonchev–Trinajstić information content (AvgIpc) is 2.72. The number of hydrogen-bond donors (Lipinski definition) is 1. The van der Waals surface area contributed by atoms with Gasteiger partial charge < -0.3 is 9.88 Å². The molecule has 1 atom stereocenters. The van der Waals surface area contributed by atoms with Crippen LogP contribution in [0.3, 0.4) is 0 Å². The summed E-state index contributed by atoms with van der Waals surface area (Å²) in [5.74, 6) is 0.985. The lowest BCUT2D eigenvalue weighted by atomic mass is 10.2. The van der Waals surface area contributed by atoms with E-state index >= 15 is 0 Å². The van der Waals surface area contributed by atoms with Crippen LogP contribution >= 0.6 is 27.5 Å². The third kappa shape index (κ3) is 2.70. The Labute approximate surface area is 120 Å². The van der Waals surface area contributed by atoms with Gasteiger partial charge in [0, 0.05) is 28.9 Å². The first-order valence-electron chi connectivity index (χ1n) is 5.68. The number of imidazole rings is 1. The standard InChI is InChI=1S/C13H15BrClN3/c1-8-6-10(14)12(7-11(8)15)17-9(2)13-16-4-5-18(13)3/h4-7,9,17H,1-3H3. The Morgan fingerprint density at radius 2 is 2.17 bits per heavy atom. The Hall–Kier alpha value is -1.00. The maximum atomic E-state index is 6.14. The third-order valence-electron chi connectivity index (χ3n) is 2.87. The molecule has 18 heavy (non-hydrogen) atoms. The number of nitrogens with zero attached hydrogens (tertiary/aromatic N) is 2. The molecule has 1 aromatic heterocycles. The van der Waals surface area contributed by atoms with Gasteiger partial charge in [0.1, 0.15) is 5.82 Å². The highest BCUT2D eigenvalue weighted by Gasteiger charge is 2.12. The molecule has 0 aliphatic heterocycles. The highest BCUT2D eigenvalue weighted by Crippen LogP contribution is 2.31. The van der Waals surface area contributed by atoms with Crippen LogP contribution in [-0.2, 0) is 7.05 Å². The molecule has 0 spiro atoms. The second-order valence-corrected chi connectivity index (χ2v) is 5.61. The van der Waals surface area contributed by atoms with Crippen molar-refractivity contribution >= 4 is 33.2 Å². The first-order chi connectivity index (χ1) is 8.49. The predicted molar refractivity (Wildman–Crippen MR) is 79.1 cm³/mol. The molecule has 0 aliphatic rings. The van der Waals surface area contributed by atoms with E-state index < -0.39 is 0 Å². The number of rotatable bonds is 3. The van der Waals surface area contributed by atoms with Gasteiger partial charge in [0.25, 0.3) is 0 Å². The fourth-order valence-corrected chi connectivity index (χ4v) is 2.59. The van der Waals surface area contributed by atoms with Crippen LogP contribution in [0.4, 0.5) is 5.69 Å². The molecule has 5 heteroatoms. The van der Waals surface area contributed by atoms with E-state index in [2.05, 4.69) is 33.2 Å². The van der Waals surface area contributed by atoms with Crippen molar-refractivity contribution < 1.29 is 0 Å². The van der Waals surface area contributed by atoms with E-state index in [0.29, 0.717) is 0 Å². The zero-order chi connectivity index (χ0) is 13.3. The lowest BCUT2D eigenvalue weighted by Gasteiger charge is -2.17. The van der Waals surface area contributed by atoms with Gasteiger partial charge in [-0.2, -0.15) is 0 Å². The Kier molecular flexibility index (Phi) is 3.97. The highest BCUT2D eigenvalue weighted by atomic mass is 79.9. The van der Waals surface area contributed by atoms with Crippen molar-refractivity contribution in [3.05, 3.63) is 45.4 Å². The molecule has 0 bridgehead atoms. The van der Waals surface area contributed by atoms with Gasteiger partial charge in [-0.15, -0.1) is 0 Å². The molecule has 0 saturated heterocycles. The van der Waals surface area contributed by atoms with E-state index in [-0.39, 0.29) is 6.04 Å². The van der Waals surface area contributed by atoms with Gasteiger partial charge in [-0.1, -0.05) is 11.6 Å². The number of aryl methyl sites for hydroxylation is 2. The molecule has 0 fully saturated rings. The summed E-state index contributed by atoms with van der Waals surface area (Å²) in [7, 11) is 1.98. The van der Waals surface area contributed by atoms with Crippen LogP contribution in [-0.4, -0.2) is 9.55 Å². The minimum absolute atomic E-state index is 0.111. The SMILES string of the molecule is Cc1cc(Br)c(NC(C)c2nccn2C)cc1Cl. The summed E-state index contributed by atoms with van der Waals surface area (Å²) in [5, 5.41) is 4.16. The molecule has 3 nitrogen and oxygen atoms in total. The number of nitrogens with one attached hydrogen (secondary N) is 1. The molecular formula is C13H15BrClN3. The molecule has 1 heterocycles. The topological polar surface area (TPSA) is 29.9 Å². The summed E-state index contributed by atoms with van der Waals surface area (Å²) in [5.41, 5.74) is 2.03. The van der Waals surface area contributed by atoms with Crippen LogP contribution < -0.4 is 5.32 Å². The molecule has 96 valence electrons. The summed E-state index contributed by atoms with van der Waals surface area (Å²) < 4.78 is 3.01. The van der Waals surface area contributed by atoms with Crippen LogP contribution in [0.1, 0.15) is 24.4 Å². The van der Waals surface area contributed by atoms with Crippen molar-refractivity contribution in [3.8, 4) is 0 Å². The van der Waals surface area contributed by atoms with Gasteiger partial charge >= 0.3 is 0 Å². The number of anilines is 1. The Balaban J connectivity index is 2.24. The summed E-state index contributed by atoms with van der Waals surface area (Å²) in [6.07, 6.45) is 3.73. The first-order valence-corrected chi connectivity index (χ1v) is 6.85.